The van der Waals surface area contributed by atoms with Gasteiger partial charge in [0.15, 0.2) is 0 Å². The van der Waals surface area contributed by atoms with Gasteiger partial charge >= 0.3 is 0 Å². The minimum atomic E-state index is -0.513. The predicted octanol–water partition coefficient (Wildman–Crippen LogP) is -3.04. The van der Waals surface area contributed by atoms with E-state index >= 15 is 0 Å². The summed E-state index contributed by atoms with van der Waals surface area (Å²) in [5, 5.41) is 21.8. The third-order valence-electron chi connectivity index (χ3n) is 2.67. The average molecular weight is 347 g/mol. The fourth-order valence-corrected chi connectivity index (χ4v) is 1.89. The zero-order valence-corrected chi connectivity index (χ0v) is 13.5. The molecule has 3 N–H and O–H groups in total. The Morgan fingerprint density at radius 2 is 1.90 bits per heavy atom. The maximum Gasteiger partial charge on any atom is 0.243 e. The van der Waals surface area contributed by atoms with Crippen LogP contribution in [0.2, 0.25) is 0 Å². The second-order valence-corrected chi connectivity index (χ2v) is 5.14. The molecule has 0 spiro atoms. The summed E-state index contributed by atoms with van der Waals surface area (Å²) in [5.41, 5.74) is 0. The molecule has 20 heavy (non-hydrogen) atoms. The smallest absolute Gasteiger partial charge is 0.243 e. The van der Waals surface area contributed by atoms with Crippen molar-refractivity contribution in [3.8, 4) is 0 Å². The Morgan fingerprint density at radius 3 is 2.55 bits per heavy atom. The summed E-state index contributed by atoms with van der Waals surface area (Å²) in [6, 6.07) is 0. The van der Waals surface area contributed by atoms with Gasteiger partial charge in [0.2, 0.25) is 6.33 Å². The first kappa shape index (κ1) is 20.0. The topological polar surface area (TPSA) is 61.3 Å². The van der Waals surface area contributed by atoms with Gasteiger partial charge in [0.25, 0.3) is 0 Å². The summed E-state index contributed by atoms with van der Waals surface area (Å²) in [7, 11) is 0. The van der Waals surface area contributed by atoms with Gasteiger partial charge in [-0.15, -0.1) is 23.2 Å². The molecular formula is C12H22Cl3N3O2. The van der Waals surface area contributed by atoms with Crippen LogP contribution in [0.3, 0.4) is 0 Å². The summed E-state index contributed by atoms with van der Waals surface area (Å²) in [6.07, 6.45) is 5.80. The molecule has 8 heteroatoms. The number of aryl methyl sites for hydroxylation is 1. The second-order valence-electron chi connectivity index (χ2n) is 4.52. The van der Waals surface area contributed by atoms with Crippen LogP contribution >= 0.6 is 23.2 Å². The highest BCUT2D eigenvalue weighted by Gasteiger charge is 2.09. The third-order valence-corrected chi connectivity index (χ3v) is 3.39. The summed E-state index contributed by atoms with van der Waals surface area (Å²) in [6.45, 7) is 2.75. The number of hydrogen-bond acceptors (Lipinski definition) is 3. The van der Waals surface area contributed by atoms with Crippen LogP contribution in [-0.4, -0.2) is 51.8 Å². The standard InChI is InChI=1S/C12H22Cl2N3O2.ClH/c13-6-11(18)8-15-2-1-3-16-4-5-17(10-16)9-12(19)7-14;/h4-5,10-12,15,18-19H,1-3,6-9H2;1H/q+1;/p-1. The molecular weight excluding hydrogens is 325 g/mol. The average Bonchev–Trinajstić information content (AvgIpc) is 2.85. The number of aliphatic hydroxyl groups is 2. The van der Waals surface area contributed by atoms with Crippen molar-refractivity contribution in [3.05, 3.63) is 18.7 Å². The molecule has 1 aromatic heterocycles. The number of nitrogens with one attached hydrogen (secondary N) is 1. The minimum absolute atomic E-state index is 0. The van der Waals surface area contributed by atoms with Crippen molar-refractivity contribution in [1.29, 1.82) is 0 Å². The Labute approximate surface area is 135 Å². The van der Waals surface area contributed by atoms with Crippen LogP contribution < -0.4 is 22.3 Å². The Bertz CT molecular complexity index is 352. The fourth-order valence-electron chi connectivity index (χ4n) is 1.68. The first-order valence-electron chi connectivity index (χ1n) is 6.39. The van der Waals surface area contributed by atoms with E-state index < -0.39 is 12.2 Å². The molecule has 5 nitrogen and oxygen atoms in total. The van der Waals surface area contributed by atoms with Crippen LogP contribution in [0.4, 0.5) is 0 Å². The van der Waals surface area contributed by atoms with Crippen LogP contribution in [0.1, 0.15) is 6.42 Å². The van der Waals surface area contributed by atoms with Gasteiger partial charge in [-0.3, -0.25) is 0 Å². The highest BCUT2D eigenvalue weighted by molar-refractivity contribution is 6.18. The van der Waals surface area contributed by atoms with Crippen molar-refractivity contribution in [2.45, 2.75) is 31.7 Å². The molecule has 0 aromatic carbocycles. The number of rotatable bonds is 10. The van der Waals surface area contributed by atoms with Gasteiger partial charge in [-0.25, -0.2) is 9.13 Å². The van der Waals surface area contributed by atoms with Gasteiger partial charge in [-0.05, 0) is 13.0 Å². The van der Waals surface area contributed by atoms with E-state index in [0.717, 1.165) is 19.5 Å². The third kappa shape index (κ3) is 8.29. The molecule has 1 aromatic rings. The number of aromatic nitrogens is 2. The highest BCUT2D eigenvalue weighted by atomic mass is 35.5. The Balaban J connectivity index is 0.00000361. The van der Waals surface area contributed by atoms with Crippen LogP contribution in [0, 0.1) is 0 Å². The van der Waals surface area contributed by atoms with E-state index in [9.17, 15) is 10.2 Å². The summed E-state index contributed by atoms with van der Waals surface area (Å²) >= 11 is 11.0. The summed E-state index contributed by atoms with van der Waals surface area (Å²) in [5.74, 6) is 0.499. The fraction of sp³-hybridized carbons (Fsp3) is 0.750. The Kier molecular flexibility index (Phi) is 11.6. The zero-order valence-electron chi connectivity index (χ0n) is 11.3. The first-order chi connectivity index (χ1) is 9.15. The molecule has 0 saturated carbocycles. The van der Waals surface area contributed by atoms with Crippen LogP contribution in [0.25, 0.3) is 0 Å². The van der Waals surface area contributed by atoms with Gasteiger partial charge in [0.1, 0.15) is 25.0 Å². The van der Waals surface area contributed by atoms with E-state index in [1.807, 2.05) is 23.3 Å². The Hall–Kier alpha value is -0.0400. The second kappa shape index (κ2) is 11.6. The van der Waals surface area contributed by atoms with Gasteiger partial charge in [0.05, 0.1) is 18.5 Å². The number of imidazole rings is 1. The molecule has 0 amide bonds. The lowest BCUT2D eigenvalue weighted by molar-refractivity contribution is -0.702. The lowest BCUT2D eigenvalue weighted by atomic mass is 10.3. The van der Waals surface area contributed by atoms with Gasteiger partial charge in [0, 0.05) is 12.4 Å². The molecule has 2 unspecified atom stereocenters. The van der Waals surface area contributed by atoms with E-state index in [1.165, 1.54) is 0 Å². The monoisotopic (exact) mass is 345 g/mol. The molecule has 0 saturated heterocycles. The molecule has 0 aliphatic rings. The lowest BCUT2D eigenvalue weighted by Gasteiger charge is -2.07. The molecule has 118 valence electrons. The maximum atomic E-state index is 9.44. The predicted molar refractivity (Wildman–Crippen MR) is 75.6 cm³/mol. The van der Waals surface area contributed by atoms with Crippen molar-refractivity contribution in [1.82, 2.24) is 9.88 Å². The van der Waals surface area contributed by atoms with E-state index in [4.69, 9.17) is 23.2 Å². The minimum Gasteiger partial charge on any atom is -1.00 e. The lowest BCUT2D eigenvalue weighted by Crippen LogP contribution is -3.00. The van der Waals surface area contributed by atoms with Crippen molar-refractivity contribution in [2.24, 2.45) is 0 Å². The number of alkyl halides is 2. The molecule has 0 radical (unpaired) electrons. The highest BCUT2D eigenvalue weighted by Crippen LogP contribution is 1.92. The van der Waals surface area contributed by atoms with E-state index in [-0.39, 0.29) is 24.2 Å². The molecule has 0 aliphatic carbocycles. The summed E-state index contributed by atoms with van der Waals surface area (Å²) < 4.78 is 3.97. The summed E-state index contributed by atoms with van der Waals surface area (Å²) in [4.78, 5) is 0. The van der Waals surface area contributed by atoms with E-state index in [2.05, 4.69) is 9.88 Å². The Morgan fingerprint density at radius 1 is 1.20 bits per heavy atom. The van der Waals surface area contributed by atoms with Crippen molar-refractivity contribution in [2.75, 3.05) is 24.8 Å². The number of nitrogens with zero attached hydrogens (tertiary/aromatic N) is 2. The van der Waals surface area contributed by atoms with Crippen LogP contribution in [0.15, 0.2) is 18.7 Å². The number of halogens is 3. The molecule has 0 bridgehead atoms. The van der Waals surface area contributed by atoms with Crippen LogP contribution in [0.5, 0.6) is 0 Å². The number of aliphatic hydroxyl groups excluding tert-OH is 2. The van der Waals surface area contributed by atoms with Crippen LogP contribution in [-0.2, 0) is 13.1 Å². The maximum absolute atomic E-state index is 9.44. The molecule has 1 rings (SSSR count). The van der Waals surface area contributed by atoms with Gasteiger partial charge in [-0.1, -0.05) is 0 Å². The van der Waals surface area contributed by atoms with Gasteiger partial charge < -0.3 is 27.9 Å². The van der Waals surface area contributed by atoms with Crippen molar-refractivity contribution >= 4 is 23.2 Å². The van der Waals surface area contributed by atoms with Crippen molar-refractivity contribution in [3.63, 3.8) is 0 Å². The van der Waals surface area contributed by atoms with Crippen molar-refractivity contribution < 1.29 is 27.2 Å². The number of hydrogen-bond donors (Lipinski definition) is 3. The van der Waals surface area contributed by atoms with E-state index in [0.29, 0.717) is 13.1 Å². The van der Waals surface area contributed by atoms with E-state index in [1.54, 1.807) is 0 Å². The SMILES string of the molecule is OC(CCl)CNCCCn1cc[n+](CC(O)CCl)c1.[Cl-]. The molecule has 0 aliphatic heterocycles. The zero-order chi connectivity index (χ0) is 14.1. The molecule has 2 atom stereocenters. The normalized spacial score (nSPS) is 13.8. The quantitative estimate of drug-likeness (QED) is 0.240. The largest absolute Gasteiger partial charge is 1.00 e. The molecule has 0 fully saturated rings. The van der Waals surface area contributed by atoms with Gasteiger partial charge in [-0.2, -0.15) is 0 Å². The molecule has 1 heterocycles. The first-order valence-corrected chi connectivity index (χ1v) is 7.46.